The van der Waals surface area contributed by atoms with E-state index < -0.39 is 0 Å². The van der Waals surface area contributed by atoms with E-state index in [2.05, 4.69) is 17.1 Å². The zero-order valence-electron chi connectivity index (χ0n) is 15.9. The monoisotopic (exact) mass is 358 g/mol. The van der Waals surface area contributed by atoms with Crippen molar-refractivity contribution in [3.63, 3.8) is 0 Å². The van der Waals surface area contributed by atoms with Gasteiger partial charge in [-0.2, -0.15) is 0 Å². The van der Waals surface area contributed by atoms with Gasteiger partial charge in [-0.3, -0.25) is 4.79 Å². The molecule has 3 nitrogen and oxygen atoms in total. The molecule has 2 aliphatic rings. The predicted octanol–water partition coefficient (Wildman–Crippen LogP) is 3.89. The van der Waals surface area contributed by atoms with Crippen LogP contribution in [0.1, 0.15) is 37.7 Å². The maximum atomic E-state index is 13.7. The summed E-state index contributed by atoms with van der Waals surface area (Å²) in [6.45, 7) is 3.89. The van der Waals surface area contributed by atoms with E-state index in [1.165, 1.54) is 6.07 Å². The predicted molar refractivity (Wildman–Crippen MR) is 103 cm³/mol. The van der Waals surface area contributed by atoms with E-state index in [0.717, 1.165) is 70.3 Å². The van der Waals surface area contributed by atoms with Gasteiger partial charge in [-0.05, 0) is 69.2 Å². The molecule has 3 rings (SSSR count). The fourth-order valence-electron chi connectivity index (χ4n) is 4.18. The minimum absolute atomic E-state index is 0.0971. The normalized spacial score (nSPS) is 21.7. The van der Waals surface area contributed by atoms with Crippen molar-refractivity contribution < 1.29 is 9.18 Å². The highest BCUT2D eigenvalue weighted by atomic mass is 19.1. The summed E-state index contributed by atoms with van der Waals surface area (Å²) >= 11 is 0. The minimum atomic E-state index is -0.0971. The molecular formula is C22H31FN2O. The molecule has 0 saturated carbocycles. The Morgan fingerprint density at radius 2 is 1.96 bits per heavy atom. The van der Waals surface area contributed by atoms with Crippen LogP contribution in [0.25, 0.3) is 0 Å². The molecule has 0 N–H and O–H groups in total. The zero-order valence-corrected chi connectivity index (χ0v) is 15.9. The fourth-order valence-corrected chi connectivity index (χ4v) is 4.18. The smallest absolute Gasteiger partial charge is 0.225 e. The summed E-state index contributed by atoms with van der Waals surface area (Å²) in [6.07, 6.45) is 10.3. The standard InChI is InChI=1S/C22H31FN2O/c1-24(22(26)20-8-3-2-4-9-20)17-18-11-14-25(15-12-18)16-13-19-7-5-6-10-21(19)23/h2-3,5-7,10,18,20H,4,8-9,11-17H2,1H3. The number of hydrogen-bond acceptors (Lipinski definition) is 2. The van der Waals surface area contributed by atoms with Gasteiger partial charge in [-0.25, -0.2) is 4.39 Å². The molecule has 1 aromatic rings. The van der Waals surface area contributed by atoms with E-state index >= 15 is 0 Å². The molecule has 4 heteroatoms. The van der Waals surface area contributed by atoms with Gasteiger partial charge >= 0.3 is 0 Å². The number of amides is 1. The van der Waals surface area contributed by atoms with Gasteiger partial charge in [-0.15, -0.1) is 0 Å². The number of piperidine rings is 1. The Labute approximate surface area is 156 Å². The average molecular weight is 359 g/mol. The molecule has 26 heavy (non-hydrogen) atoms. The van der Waals surface area contributed by atoms with Gasteiger partial charge in [0.15, 0.2) is 0 Å². The first-order valence-corrected chi connectivity index (χ1v) is 9.99. The van der Waals surface area contributed by atoms with E-state index in [1.54, 1.807) is 6.07 Å². The number of halogens is 1. The van der Waals surface area contributed by atoms with Crippen LogP contribution in [0.3, 0.4) is 0 Å². The SMILES string of the molecule is CN(CC1CCN(CCc2ccccc2F)CC1)C(=O)C1CC=CCC1. The first kappa shape index (κ1) is 19.1. The molecular weight excluding hydrogens is 327 g/mol. The third kappa shape index (κ3) is 5.16. The third-order valence-corrected chi connectivity index (χ3v) is 5.89. The van der Waals surface area contributed by atoms with Crippen LogP contribution >= 0.6 is 0 Å². The second-order valence-corrected chi connectivity index (χ2v) is 7.83. The Morgan fingerprint density at radius 1 is 1.19 bits per heavy atom. The Hall–Kier alpha value is -1.68. The zero-order chi connectivity index (χ0) is 18.4. The molecule has 1 fully saturated rings. The molecule has 0 spiro atoms. The minimum Gasteiger partial charge on any atom is -0.345 e. The second kappa shape index (κ2) is 9.31. The van der Waals surface area contributed by atoms with Gasteiger partial charge in [0.25, 0.3) is 0 Å². The molecule has 1 atom stereocenters. The quantitative estimate of drug-likeness (QED) is 0.720. The van der Waals surface area contributed by atoms with Crippen molar-refractivity contribution in [2.75, 3.05) is 33.2 Å². The molecule has 1 unspecified atom stereocenters. The van der Waals surface area contributed by atoms with Crippen LogP contribution < -0.4 is 0 Å². The van der Waals surface area contributed by atoms with E-state index in [4.69, 9.17) is 0 Å². The summed E-state index contributed by atoms with van der Waals surface area (Å²) in [5.41, 5.74) is 0.807. The van der Waals surface area contributed by atoms with Crippen molar-refractivity contribution in [3.05, 3.63) is 47.8 Å². The highest BCUT2D eigenvalue weighted by Crippen LogP contribution is 2.23. The van der Waals surface area contributed by atoms with Crippen LogP contribution in [0.15, 0.2) is 36.4 Å². The summed E-state index contributed by atoms with van der Waals surface area (Å²) < 4.78 is 13.7. The Kier molecular flexibility index (Phi) is 6.84. The maximum Gasteiger partial charge on any atom is 0.225 e. The first-order chi connectivity index (χ1) is 12.6. The van der Waals surface area contributed by atoms with Crippen molar-refractivity contribution in [2.24, 2.45) is 11.8 Å². The first-order valence-electron chi connectivity index (χ1n) is 9.99. The number of benzene rings is 1. The largest absolute Gasteiger partial charge is 0.345 e. The van der Waals surface area contributed by atoms with E-state index in [1.807, 2.05) is 24.1 Å². The van der Waals surface area contributed by atoms with Crippen molar-refractivity contribution in [1.29, 1.82) is 0 Å². The van der Waals surface area contributed by atoms with Gasteiger partial charge in [-0.1, -0.05) is 30.4 Å². The topological polar surface area (TPSA) is 23.6 Å². The molecule has 1 saturated heterocycles. The van der Waals surface area contributed by atoms with Crippen LogP contribution in [-0.4, -0.2) is 48.9 Å². The number of carbonyl (C=O) groups is 1. The summed E-state index contributed by atoms with van der Waals surface area (Å²) in [5, 5.41) is 0. The summed E-state index contributed by atoms with van der Waals surface area (Å²) in [6, 6.07) is 7.06. The van der Waals surface area contributed by atoms with Crippen molar-refractivity contribution in [2.45, 2.75) is 38.5 Å². The van der Waals surface area contributed by atoms with Crippen molar-refractivity contribution in [3.8, 4) is 0 Å². The summed E-state index contributed by atoms with van der Waals surface area (Å²) in [4.78, 5) is 17.0. The van der Waals surface area contributed by atoms with Crippen LogP contribution in [-0.2, 0) is 11.2 Å². The highest BCUT2D eigenvalue weighted by molar-refractivity contribution is 5.78. The van der Waals surface area contributed by atoms with E-state index in [9.17, 15) is 9.18 Å². The summed E-state index contributed by atoms with van der Waals surface area (Å²) in [7, 11) is 1.96. The molecule has 1 heterocycles. The van der Waals surface area contributed by atoms with Gasteiger partial charge < -0.3 is 9.80 Å². The van der Waals surface area contributed by atoms with Gasteiger partial charge in [0.05, 0.1) is 0 Å². The van der Waals surface area contributed by atoms with Crippen LogP contribution in [0, 0.1) is 17.7 Å². The number of rotatable bonds is 6. The molecule has 1 amide bonds. The van der Waals surface area contributed by atoms with Crippen LogP contribution in [0.4, 0.5) is 4.39 Å². The van der Waals surface area contributed by atoms with E-state index in [-0.39, 0.29) is 11.7 Å². The fraction of sp³-hybridized carbons (Fsp3) is 0.591. The number of allylic oxidation sites excluding steroid dienone is 2. The highest BCUT2D eigenvalue weighted by Gasteiger charge is 2.26. The molecule has 0 aromatic heterocycles. The van der Waals surface area contributed by atoms with Crippen LogP contribution in [0.5, 0.6) is 0 Å². The lowest BCUT2D eigenvalue weighted by Gasteiger charge is -2.34. The lowest BCUT2D eigenvalue weighted by Crippen LogP contribution is -2.41. The molecule has 1 aromatic carbocycles. The molecule has 0 bridgehead atoms. The van der Waals surface area contributed by atoms with Crippen molar-refractivity contribution in [1.82, 2.24) is 9.80 Å². The Morgan fingerprint density at radius 3 is 2.65 bits per heavy atom. The molecule has 1 aliphatic heterocycles. The van der Waals surface area contributed by atoms with Gasteiger partial charge in [0.2, 0.25) is 5.91 Å². The lowest BCUT2D eigenvalue weighted by atomic mass is 9.91. The van der Waals surface area contributed by atoms with E-state index in [0.29, 0.717) is 11.8 Å². The van der Waals surface area contributed by atoms with Gasteiger partial charge in [0, 0.05) is 26.1 Å². The molecule has 142 valence electrons. The maximum absolute atomic E-state index is 13.7. The number of hydrogen-bond donors (Lipinski definition) is 0. The van der Waals surface area contributed by atoms with Crippen molar-refractivity contribution >= 4 is 5.91 Å². The average Bonchev–Trinajstić information content (AvgIpc) is 2.68. The number of likely N-dealkylation sites (tertiary alicyclic amines) is 1. The Balaban J connectivity index is 1.38. The van der Waals surface area contributed by atoms with Gasteiger partial charge in [0.1, 0.15) is 5.82 Å². The number of nitrogens with zero attached hydrogens (tertiary/aromatic N) is 2. The lowest BCUT2D eigenvalue weighted by molar-refractivity contribution is -0.135. The molecule has 0 radical (unpaired) electrons. The Bertz CT molecular complexity index is 622. The third-order valence-electron chi connectivity index (χ3n) is 5.89. The summed E-state index contributed by atoms with van der Waals surface area (Å²) in [5.74, 6) is 0.995. The van der Waals surface area contributed by atoms with Crippen LogP contribution in [0.2, 0.25) is 0 Å². The second-order valence-electron chi connectivity index (χ2n) is 7.83. The molecule has 1 aliphatic carbocycles. The number of carbonyl (C=O) groups excluding carboxylic acids is 1.